The average molecular weight is 402 g/mol. The third-order valence-electron chi connectivity index (χ3n) is 2.25. The molecule has 0 fully saturated rings. The molecule has 1 aromatic carbocycles. The van der Waals surface area contributed by atoms with Gasteiger partial charge in [-0.15, -0.1) is 0 Å². The minimum absolute atomic E-state index is 0.125. The number of nitrogen functional groups attached to an aromatic ring is 1. The minimum atomic E-state index is -3.62. The van der Waals surface area contributed by atoms with Crippen LogP contribution in [0.25, 0.3) is 0 Å². The van der Waals surface area contributed by atoms with Gasteiger partial charge in [0, 0.05) is 28.3 Å². The van der Waals surface area contributed by atoms with Gasteiger partial charge >= 0.3 is 0 Å². The van der Waals surface area contributed by atoms with E-state index >= 15 is 0 Å². The number of hydrogen-bond donors (Lipinski definition) is 2. The third-order valence-corrected chi connectivity index (χ3v) is 5.55. The monoisotopic (exact) mass is 400 g/mol. The summed E-state index contributed by atoms with van der Waals surface area (Å²) in [5.74, 6) is 0. The van der Waals surface area contributed by atoms with Gasteiger partial charge in [-0.2, -0.15) is 0 Å². The quantitative estimate of drug-likeness (QED) is 0.740. The standard InChI is InChI=1S/C10H14Br2N2O3S/c1-6(17-2)5-14-18(15,16)10-8(11)3-7(13)4-9(10)12/h3-4,6,14H,5,13H2,1-2H3. The molecule has 0 saturated carbocycles. The van der Waals surface area contributed by atoms with Crippen molar-refractivity contribution in [2.75, 3.05) is 19.4 Å². The Kier molecular flexibility index (Phi) is 5.60. The first-order chi connectivity index (χ1) is 8.27. The maximum absolute atomic E-state index is 12.1. The van der Waals surface area contributed by atoms with Crippen LogP contribution in [0.2, 0.25) is 0 Å². The Labute approximate surface area is 123 Å². The highest BCUT2D eigenvalue weighted by Crippen LogP contribution is 2.32. The fourth-order valence-electron chi connectivity index (χ4n) is 1.22. The van der Waals surface area contributed by atoms with Gasteiger partial charge in [-0.05, 0) is 50.9 Å². The van der Waals surface area contributed by atoms with Crippen LogP contribution < -0.4 is 10.5 Å². The van der Waals surface area contributed by atoms with Gasteiger partial charge in [0.05, 0.1) is 6.10 Å². The number of methoxy groups -OCH3 is 1. The lowest BCUT2D eigenvalue weighted by molar-refractivity contribution is 0.122. The molecule has 0 bridgehead atoms. The second-order valence-corrected chi connectivity index (χ2v) is 7.12. The SMILES string of the molecule is COC(C)CNS(=O)(=O)c1c(Br)cc(N)cc1Br. The van der Waals surface area contributed by atoms with Gasteiger partial charge < -0.3 is 10.5 Å². The van der Waals surface area contributed by atoms with Crippen LogP contribution in [0.1, 0.15) is 6.92 Å². The largest absolute Gasteiger partial charge is 0.399 e. The predicted molar refractivity (Wildman–Crippen MR) is 77.9 cm³/mol. The zero-order chi connectivity index (χ0) is 13.9. The molecule has 0 aliphatic carbocycles. The maximum Gasteiger partial charge on any atom is 0.242 e. The van der Waals surface area contributed by atoms with E-state index in [-0.39, 0.29) is 17.5 Å². The van der Waals surface area contributed by atoms with Crippen molar-refractivity contribution in [3.05, 3.63) is 21.1 Å². The molecule has 0 amide bonds. The van der Waals surface area contributed by atoms with E-state index in [1.165, 1.54) is 7.11 Å². The first-order valence-corrected chi connectivity index (χ1v) is 8.12. The van der Waals surface area contributed by atoms with Gasteiger partial charge in [-0.25, -0.2) is 13.1 Å². The molecule has 1 atom stereocenters. The summed E-state index contributed by atoms with van der Waals surface area (Å²) in [6.45, 7) is 1.97. The number of hydrogen-bond acceptors (Lipinski definition) is 4. The summed E-state index contributed by atoms with van der Waals surface area (Å²) in [6, 6.07) is 3.08. The van der Waals surface area contributed by atoms with Crippen molar-refractivity contribution in [2.24, 2.45) is 0 Å². The number of benzene rings is 1. The van der Waals surface area contributed by atoms with Crippen LogP contribution in [0.5, 0.6) is 0 Å². The van der Waals surface area contributed by atoms with Crippen molar-refractivity contribution < 1.29 is 13.2 Å². The van der Waals surface area contributed by atoms with Crippen LogP contribution >= 0.6 is 31.9 Å². The van der Waals surface area contributed by atoms with E-state index in [0.29, 0.717) is 14.6 Å². The highest BCUT2D eigenvalue weighted by atomic mass is 79.9. The average Bonchev–Trinajstić information content (AvgIpc) is 2.24. The summed E-state index contributed by atoms with van der Waals surface area (Å²) in [5.41, 5.74) is 6.09. The molecule has 0 aliphatic rings. The van der Waals surface area contributed by atoms with E-state index in [4.69, 9.17) is 10.5 Å². The molecule has 0 aromatic heterocycles. The van der Waals surface area contributed by atoms with Crippen LogP contribution in [0.15, 0.2) is 26.0 Å². The number of nitrogens with two attached hydrogens (primary N) is 1. The minimum Gasteiger partial charge on any atom is -0.399 e. The number of halogens is 2. The van der Waals surface area contributed by atoms with Crippen LogP contribution in [0.3, 0.4) is 0 Å². The Morgan fingerprint density at radius 1 is 1.39 bits per heavy atom. The van der Waals surface area contributed by atoms with Gasteiger partial charge in [-0.1, -0.05) is 0 Å². The molecule has 18 heavy (non-hydrogen) atoms. The first-order valence-electron chi connectivity index (χ1n) is 5.05. The fourth-order valence-corrected chi connectivity index (χ4v) is 4.95. The molecule has 1 rings (SSSR count). The summed E-state index contributed by atoms with van der Waals surface area (Å²) < 4.78 is 32.6. The molecule has 0 aliphatic heterocycles. The number of nitrogens with one attached hydrogen (secondary N) is 1. The molecular formula is C10H14Br2N2O3S. The number of sulfonamides is 1. The summed E-state index contributed by atoms with van der Waals surface area (Å²) in [6.07, 6.45) is -0.203. The molecule has 3 N–H and O–H groups in total. The van der Waals surface area contributed by atoms with Crippen molar-refractivity contribution >= 4 is 47.6 Å². The fraction of sp³-hybridized carbons (Fsp3) is 0.400. The molecule has 5 nitrogen and oxygen atoms in total. The first kappa shape index (κ1) is 15.9. The molecule has 1 unspecified atom stereocenters. The molecule has 1 aromatic rings. The van der Waals surface area contributed by atoms with Crippen LogP contribution in [-0.2, 0) is 14.8 Å². The van der Waals surface area contributed by atoms with Gasteiger partial charge in [-0.3, -0.25) is 0 Å². The normalized spacial score (nSPS) is 13.6. The van der Waals surface area contributed by atoms with Gasteiger partial charge in [0.25, 0.3) is 0 Å². The van der Waals surface area contributed by atoms with E-state index in [1.807, 2.05) is 0 Å². The second-order valence-electron chi connectivity index (χ2n) is 3.71. The Morgan fingerprint density at radius 2 is 1.89 bits per heavy atom. The molecule has 0 radical (unpaired) electrons. The van der Waals surface area contributed by atoms with Crippen molar-refractivity contribution in [2.45, 2.75) is 17.9 Å². The Balaban J connectivity index is 3.06. The zero-order valence-electron chi connectivity index (χ0n) is 9.91. The van der Waals surface area contributed by atoms with Gasteiger partial charge in [0.2, 0.25) is 10.0 Å². The molecular weight excluding hydrogens is 388 g/mol. The van der Waals surface area contributed by atoms with Crippen molar-refractivity contribution in [1.82, 2.24) is 4.72 Å². The van der Waals surface area contributed by atoms with Crippen molar-refractivity contribution in [1.29, 1.82) is 0 Å². The third kappa shape index (κ3) is 3.92. The van der Waals surface area contributed by atoms with Gasteiger partial charge in [0.15, 0.2) is 0 Å². The number of anilines is 1. The Morgan fingerprint density at radius 3 is 2.33 bits per heavy atom. The summed E-state index contributed by atoms with van der Waals surface area (Å²) in [4.78, 5) is 0.125. The second kappa shape index (κ2) is 6.33. The van der Waals surface area contributed by atoms with Crippen LogP contribution in [0.4, 0.5) is 5.69 Å². The van der Waals surface area contributed by atoms with E-state index in [1.54, 1.807) is 19.1 Å². The van der Waals surface area contributed by atoms with Crippen LogP contribution in [-0.4, -0.2) is 28.2 Å². The van der Waals surface area contributed by atoms with E-state index < -0.39 is 10.0 Å². The van der Waals surface area contributed by atoms with Crippen molar-refractivity contribution in [3.63, 3.8) is 0 Å². The lowest BCUT2D eigenvalue weighted by atomic mass is 10.3. The van der Waals surface area contributed by atoms with Crippen LogP contribution in [0, 0.1) is 0 Å². The Hall–Kier alpha value is -0.150. The maximum atomic E-state index is 12.1. The van der Waals surface area contributed by atoms with E-state index in [2.05, 4.69) is 36.6 Å². The molecule has 0 spiro atoms. The topological polar surface area (TPSA) is 81.4 Å². The smallest absolute Gasteiger partial charge is 0.242 e. The predicted octanol–water partition coefficient (Wildman–Crippen LogP) is 2.11. The molecule has 102 valence electrons. The summed E-state index contributed by atoms with van der Waals surface area (Å²) in [5, 5.41) is 0. The Bertz CT molecular complexity index is 511. The number of rotatable bonds is 5. The summed E-state index contributed by atoms with van der Waals surface area (Å²) in [7, 11) is -2.10. The molecule has 0 saturated heterocycles. The zero-order valence-corrected chi connectivity index (χ0v) is 13.9. The van der Waals surface area contributed by atoms with E-state index in [0.717, 1.165) is 0 Å². The van der Waals surface area contributed by atoms with Crippen molar-refractivity contribution in [3.8, 4) is 0 Å². The lowest BCUT2D eigenvalue weighted by Gasteiger charge is -2.13. The highest BCUT2D eigenvalue weighted by Gasteiger charge is 2.22. The van der Waals surface area contributed by atoms with Gasteiger partial charge in [0.1, 0.15) is 4.90 Å². The highest BCUT2D eigenvalue weighted by molar-refractivity contribution is 9.11. The summed E-state index contributed by atoms with van der Waals surface area (Å²) >= 11 is 6.39. The molecule has 8 heteroatoms. The number of ether oxygens (including phenoxy) is 1. The lowest BCUT2D eigenvalue weighted by Crippen LogP contribution is -2.32. The molecule has 0 heterocycles. The van der Waals surface area contributed by atoms with E-state index in [9.17, 15) is 8.42 Å².